The Balaban J connectivity index is 2.29. The number of hydrogen-bond acceptors (Lipinski definition) is 4. The van der Waals surface area contributed by atoms with Gasteiger partial charge in [-0.3, -0.25) is 4.79 Å². The van der Waals surface area contributed by atoms with Crippen molar-refractivity contribution >= 4 is 29.0 Å². The van der Waals surface area contributed by atoms with Gasteiger partial charge in [0.05, 0.1) is 10.6 Å². The number of amides is 1. The van der Waals surface area contributed by atoms with Gasteiger partial charge in [0.15, 0.2) is 5.82 Å². The molecule has 1 heterocycles. The third-order valence-corrected chi connectivity index (χ3v) is 3.01. The van der Waals surface area contributed by atoms with E-state index in [-0.39, 0.29) is 22.3 Å². The summed E-state index contributed by atoms with van der Waals surface area (Å²) < 4.78 is 13.2. The Kier molecular flexibility index (Phi) is 4.16. The molecule has 0 saturated carbocycles. The second-order valence-corrected chi connectivity index (χ2v) is 4.45. The van der Waals surface area contributed by atoms with Crippen LogP contribution in [-0.4, -0.2) is 17.9 Å². The summed E-state index contributed by atoms with van der Waals surface area (Å²) in [6, 6.07) is 7.18. The quantitative estimate of drug-likeness (QED) is 0.674. The summed E-state index contributed by atoms with van der Waals surface area (Å²) in [5, 5.41) is 0.228. The number of hydrazine groups is 1. The molecule has 0 atom stereocenters. The van der Waals surface area contributed by atoms with E-state index in [4.69, 9.17) is 17.4 Å². The number of nitrogen functional groups attached to an aromatic ring is 1. The molecule has 0 aliphatic rings. The molecule has 3 N–H and O–H groups in total. The van der Waals surface area contributed by atoms with E-state index in [1.165, 1.54) is 35.4 Å². The first-order chi connectivity index (χ1) is 9.52. The van der Waals surface area contributed by atoms with Crippen LogP contribution in [0.3, 0.4) is 0 Å². The number of aromatic nitrogens is 1. The molecular weight excluding hydrogens is 283 g/mol. The van der Waals surface area contributed by atoms with E-state index in [2.05, 4.69) is 10.4 Å². The molecule has 20 heavy (non-hydrogen) atoms. The molecule has 2 aromatic rings. The lowest BCUT2D eigenvalue weighted by molar-refractivity contribution is 0.0992. The van der Waals surface area contributed by atoms with Gasteiger partial charge < -0.3 is 10.3 Å². The van der Waals surface area contributed by atoms with Crippen molar-refractivity contribution in [2.24, 2.45) is 5.84 Å². The van der Waals surface area contributed by atoms with Crippen LogP contribution in [0, 0.1) is 5.82 Å². The first-order valence-electron chi connectivity index (χ1n) is 5.68. The van der Waals surface area contributed by atoms with E-state index >= 15 is 0 Å². The molecular formula is C13H12ClFN4O. The zero-order chi connectivity index (χ0) is 14.7. The van der Waals surface area contributed by atoms with E-state index in [0.29, 0.717) is 5.69 Å². The fourth-order valence-corrected chi connectivity index (χ4v) is 1.88. The van der Waals surface area contributed by atoms with Crippen molar-refractivity contribution in [3.8, 4) is 0 Å². The lowest BCUT2D eigenvalue weighted by Gasteiger charge is -2.17. The number of nitrogens with one attached hydrogen (secondary N) is 1. The van der Waals surface area contributed by atoms with Gasteiger partial charge in [-0.15, -0.1) is 0 Å². The third-order valence-electron chi connectivity index (χ3n) is 2.72. The normalized spacial score (nSPS) is 10.2. The Morgan fingerprint density at radius 3 is 2.80 bits per heavy atom. The summed E-state index contributed by atoms with van der Waals surface area (Å²) >= 11 is 5.91. The number of nitrogens with zero attached hydrogens (tertiary/aromatic N) is 2. The maximum absolute atomic E-state index is 13.2. The van der Waals surface area contributed by atoms with Crippen molar-refractivity contribution in [1.82, 2.24) is 4.98 Å². The average Bonchev–Trinajstić information content (AvgIpc) is 2.45. The number of hydrogen-bond donors (Lipinski definition) is 2. The first kappa shape index (κ1) is 14.2. The standard InChI is InChI=1S/C13H12ClFN4O/c1-19(10-4-2-3-9(15)6-10)13(20)8-5-11(14)12(18-16)17-7-8/h2-7H,16H2,1H3,(H,17,18). The van der Waals surface area contributed by atoms with Crippen molar-refractivity contribution in [2.75, 3.05) is 17.4 Å². The molecule has 104 valence electrons. The zero-order valence-electron chi connectivity index (χ0n) is 10.6. The number of carbonyl (C=O) groups excluding carboxylic acids is 1. The molecule has 0 bridgehead atoms. The first-order valence-corrected chi connectivity index (χ1v) is 6.06. The van der Waals surface area contributed by atoms with Gasteiger partial charge >= 0.3 is 0 Å². The van der Waals surface area contributed by atoms with Crippen LogP contribution in [0.4, 0.5) is 15.9 Å². The number of nitrogens with two attached hydrogens (primary N) is 1. The molecule has 1 amide bonds. The van der Waals surface area contributed by atoms with Gasteiger partial charge in [0.1, 0.15) is 5.82 Å². The van der Waals surface area contributed by atoms with Gasteiger partial charge in [-0.25, -0.2) is 15.2 Å². The highest BCUT2D eigenvalue weighted by Gasteiger charge is 2.16. The largest absolute Gasteiger partial charge is 0.311 e. The van der Waals surface area contributed by atoms with Crippen LogP contribution in [0.5, 0.6) is 0 Å². The van der Waals surface area contributed by atoms with E-state index in [0.717, 1.165) is 0 Å². The van der Waals surface area contributed by atoms with Crippen molar-refractivity contribution in [3.05, 3.63) is 52.9 Å². The predicted molar refractivity (Wildman–Crippen MR) is 76.2 cm³/mol. The summed E-state index contributed by atoms with van der Waals surface area (Å²) in [4.78, 5) is 17.5. The zero-order valence-corrected chi connectivity index (χ0v) is 11.4. The maximum Gasteiger partial charge on any atom is 0.259 e. The summed E-state index contributed by atoms with van der Waals surface area (Å²) in [7, 11) is 1.54. The second kappa shape index (κ2) is 5.85. The lowest BCUT2D eigenvalue weighted by atomic mass is 10.2. The van der Waals surface area contributed by atoms with E-state index in [1.807, 2.05) is 0 Å². The molecule has 0 spiro atoms. The Bertz CT molecular complexity index is 650. The molecule has 0 saturated heterocycles. The summed E-state index contributed by atoms with van der Waals surface area (Å²) in [5.74, 6) is 4.72. The van der Waals surface area contributed by atoms with Crippen LogP contribution < -0.4 is 16.2 Å². The highest BCUT2D eigenvalue weighted by Crippen LogP contribution is 2.21. The molecule has 0 aliphatic heterocycles. The molecule has 0 unspecified atom stereocenters. The molecule has 0 aliphatic carbocycles. The van der Waals surface area contributed by atoms with Crippen molar-refractivity contribution in [2.45, 2.75) is 0 Å². The average molecular weight is 295 g/mol. The molecule has 5 nitrogen and oxygen atoms in total. The highest BCUT2D eigenvalue weighted by molar-refractivity contribution is 6.33. The second-order valence-electron chi connectivity index (χ2n) is 4.04. The molecule has 1 aromatic heterocycles. The van der Waals surface area contributed by atoms with Gasteiger partial charge in [-0.1, -0.05) is 17.7 Å². The minimum absolute atomic E-state index is 0.228. The van der Waals surface area contributed by atoms with Crippen LogP contribution in [0.1, 0.15) is 10.4 Å². The van der Waals surface area contributed by atoms with Crippen LogP contribution in [0.25, 0.3) is 0 Å². The number of pyridine rings is 1. The van der Waals surface area contributed by atoms with E-state index in [1.54, 1.807) is 13.1 Å². The van der Waals surface area contributed by atoms with Crippen LogP contribution in [0.2, 0.25) is 5.02 Å². The van der Waals surface area contributed by atoms with E-state index in [9.17, 15) is 9.18 Å². The molecule has 2 rings (SSSR count). The van der Waals surface area contributed by atoms with Crippen LogP contribution in [0.15, 0.2) is 36.5 Å². The predicted octanol–water partition coefficient (Wildman–Crippen LogP) is 2.44. The lowest BCUT2D eigenvalue weighted by Crippen LogP contribution is -2.26. The summed E-state index contributed by atoms with van der Waals surface area (Å²) in [5.41, 5.74) is 3.03. The van der Waals surface area contributed by atoms with Crippen LogP contribution >= 0.6 is 11.6 Å². The third kappa shape index (κ3) is 2.87. The van der Waals surface area contributed by atoms with Crippen molar-refractivity contribution < 1.29 is 9.18 Å². The van der Waals surface area contributed by atoms with Gasteiger partial charge in [-0.05, 0) is 24.3 Å². The fraction of sp³-hybridized carbons (Fsp3) is 0.0769. The van der Waals surface area contributed by atoms with Crippen molar-refractivity contribution in [1.29, 1.82) is 0 Å². The number of carbonyl (C=O) groups is 1. The Morgan fingerprint density at radius 2 is 2.20 bits per heavy atom. The minimum atomic E-state index is -0.416. The molecule has 7 heteroatoms. The Morgan fingerprint density at radius 1 is 1.45 bits per heavy atom. The number of halogens is 2. The number of anilines is 2. The molecule has 0 radical (unpaired) electrons. The smallest absolute Gasteiger partial charge is 0.259 e. The monoisotopic (exact) mass is 294 g/mol. The maximum atomic E-state index is 13.2. The Hall–Kier alpha value is -2.18. The van der Waals surface area contributed by atoms with Crippen molar-refractivity contribution in [3.63, 3.8) is 0 Å². The van der Waals surface area contributed by atoms with E-state index < -0.39 is 5.82 Å². The minimum Gasteiger partial charge on any atom is -0.311 e. The van der Waals surface area contributed by atoms with Gasteiger partial charge in [0, 0.05) is 18.9 Å². The molecule has 1 aromatic carbocycles. The van der Waals surface area contributed by atoms with Crippen LogP contribution in [-0.2, 0) is 0 Å². The van der Waals surface area contributed by atoms with Gasteiger partial charge in [-0.2, -0.15) is 0 Å². The Labute approximate surface area is 120 Å². The number of benzene rings is 1. The highest BCUT2D eigenvalue weighted by atomic mass is 35.5. The van der Waals surface area contributed by atoms with Gasteiger partial charge in [0.2, 0.25) is 0 Å². The summed E-state index contributed by atoms with van der Waals surface area (Å²) in [6.07, 6.45) is 1.35. The topological polar surface area (TPSA) is 71.2 Å². The SMILES string of the molecule is CN(C(=O)c1cnc(NN)c(Cl)c1)c1cccc(F)c1. The number of rotatable bonds is 3. The fourth-order valence-electron chi connectivity index (χ4n) is 1.66. The van der Waals surface area contributed by atoms with Gasteiger partial charge in [0.25, 0.3) is 5.91 Å². The summed E-state index contributed by atoms with van der Waals surface area (Å²) in [6.45, 7) is 0. The molecule has 0 fully saturated rings.